The molecule has 21 heavy (non-hydrogen) atoms. The van der Waals surface area contributed by atoms with Crippen molar-refractivity contribution in [1.82, 2.24) is 19.7 Å². The van der Waals surface area contributed by atoms with Crippen LogP contribution >= 0.6 is 11.9 Å². The molecular weight excluding hydrogens is 288 g/mol. The summed E-state index contributed by atoms with van der Waals surface area (Å²) in [6, 6.07) is 9.07. The summed E-state index contributed by atoms with van der Waals surface area (Å²) >= 11 is 1.20. The summed E-state index contributed by atoms with van der Waals surface area (Å²) in [5.41, 5.74) is 5.59. The van der Waals surface area contributed by atoms with Gasteiger partial charge in [-0.1, -0.05) is 25.1 Å². The zero-order valence-corrected chi connectivity index (χ0v) is 12.4. The summed E-state index contributed by atoms with van der Waals surface area (Å²) in [5.74, 6) is 0.813. The average molecular weight is 304 g/mol. The minimum absolute atomic E-state index is 0.0967. The number of aryl methyl sites for hydroxylation is 1. The molecule has 0 aliphatic heterocycles. The molecule has 1 heterocycles. The first kappa shape index (κ1) is 15.0. The van der Waals surface area contributed by atoms with Gasteiger partial charge < -0.3 is 5.73 Å². The first-order chi connectivity index (χ1) is 10.2. The molecule has 0 bridgehead atoms. The Balaban J connectivity index is 1.93. The Morgan fingerprint density at radius 2 is 2.00 bits per heavy atom. The number of carbonyl (C=O) groups excluding carboxylic acids is 1. The number of nitrogens with zero attached hydrogens (tertiary/aromatic N) is 3. The van der Waals surface area contributed by atoms with E-state index in [-0.39, 0.29) is 11.9 Å². The highest BCUT2D eigenvalue weighted by Crippen LogP contribution is 2.13. The van der Waals surface area contributed by atoms with Gasteiger partial charge in [-0.25, -0.2) is 4.79 Å². The third-order valence-electron chi connectivity index (χ3n) is 2.40. The first-order valence-electron chi connectivity index (χ1n) is 6.46. The van der Waals surface area contributed by atoms with Crippen LogP contribution in [0.15, 0.2) is 35.2 Å². The average Bonchev–Trinajstić information content (AvgIpc) is 2.46. The number of nitrogens with two attached hydrogens (primary N) is 1. The van der Waals surface area contributed by atoms with E-state index in [1.165, 1.54) is 11.9 Å². The largest absolute Gasteiger partial charge is 0.368 e. The number of hydrogen-bond donors (Lipinski definition) is 3. The molecule has 0 aliphatic rings. The molecule has 0 spiro atoms. The Hall–Kier alpha value is -2.35. The van der Waals surface area contributed by atoms with Crippen molar-refractivity contribution < 1.29 is 4.79 Å². The lowest BCUT2D eigenvalue weighted by Gasteiger charge is -2.07. The van der Waals surface area contributed by atoms with E-state index in [0.29, 0.717) is 12.2 Å². The van der Waals surface area contributed by atoms with Crippen LogP contribution in [-0.2, 0) is 6.42 Å². The van der Waals surface area contributed by atoms with Crippen LogP contribution in [0.2, 0.25) is 0 Å². The van der Waals surface area contributed by atoms with E-state index < -0.39 is 6.03 Å². The zero-order chi connectivity index (χ0) is 15.1. The number of aromatic nitrogens is 3. The first-order valence-corrected chi connectivity index (χ1v) is 7.28. The fourth-order valence-electron chi connectivity index (χ4n) is 1.55. The number of rotatable bonds is 5. The van der Waals surface area contributed by atoms with Crippen LogP contribution in [0.25, 0.3) is 0 Å². The van der Waals surface area contributed by atoms with Crippen LogP contribution in [-0.4, -0.2) is 21.0 Å². The monoisotopic (exact) mass is 304 g/mol. The number of urea groups is 1. The molecule has 2 amide bonds. The minimum Gasteiger partial charge on any atom is -0.368 e. The van der Waals surface area contributed by atoms with Gasteiger partial charge in [0, 0.05) is 11.3 Å². The van der Waals surface area contributed by atoms with Crippen LogP contribution in [0.3, 0.4) is 0 Å². The Morgan fingerprint density at radius 3 is 2.71 bits per heavy atom. The van der Waals surface area contributed by atoms with Gasteiger partial charge in [0.25, 0.3) is 0 Å². The fourth-order valence-corrected chi connectivity index (χ4v) is 2.10. The van der Waals surface area contributed by atoms with Gasteiger partial charge in [-0.3, -0.25) is 10.0 Å². The molecule has 0 aliphatic carbocycles. The van der Waals surface area contributed by atoms with Gasteiger partial charge in [0.1, 0.15) is 5.82 Å². The predicted octanol–water partition coefficient (Wildman–Crippen LogP) is 2.24. The number of benzene rings is 1. The molecule has 4 N–H and O–H groups in total. The number of anilines is 2. The molecule has 1 aromatic carbocycles. The van der Waals surface area contributed by atoms with Crippen molar-refractivity contribution in [3.8, 4) is 0 Å². The molecule has 0 unspecified atom stereocenters. The zero-order valence-electron chi connectivity index (χ0n) is 11.5. The summed E-state index contributed by atoms with van der Waals surface area (Å²) < 4.78 is 2.64. The lowest BCUT2D eigenvalue weighted by Crippen LogP contribution is -2.24. The quantitative estimate of drug-likeness (QED) is 0.731. The molecule has 2 rings (SSSR count). The molecule has 0 atom stereocenters. The highest BCUT2D eigenvalue weighted by atomic mass is 32.2. The second-order valence-electron chi connectivity index (χ2n) is 4.15. The van der Waals surface area contributed by atoms with Gasteiger partial charge in [-0.05, 0) is 30.5 Å². The molecule has 0 saturated heterocycles. The second-order valence-corrected chi connectivity index (χ2v) is 5.03. The normalized spacial score (nSPS) is 10.1. The predicted molar refractivity (Wildman–Crippen MR) is 82.7 cm³/mol. The van der Waals surface area contributed by atoms with Gasteiger partial charge in [-0.15, -0.1) is 0 Å². The van der Waals surface area contributed by atoms with Crippen molar-refractivity contribution in [3.63, 3.8) is 0 Å². The van der Waals surface area contributed by atoms with E-state index in [2.05, 4.69) is 25.0 Å². The summed E-state index contributed by atoms with van der Waals surface area (Å²) in [7, 11) is 0. The van der Waals surface area contributed by atoms with Gasteiger partial charge in [0.15, 0.2) is 0 Å². The van der Waals surface area contributed by atoms with Gasteiger partial charge in [0.05, 0.1) is 0 Å². The van der Waals surface area contributed by atoms with Crippen LogP contribution in [0, 0.1) is 0 Å². The van der Waals surface area contributed by atoms with Crippen molar-refractivity contribution in [2.75, 3.05) is 11.1 Å². The Kier molecular flexibility index (Phi) is 5.33. The summed E-state index contributed by atoms with van der Waals surface area (Å²) in [4.78, 5) is 24.7. The Morgan fingerprint density at radius 1 is 1.24 bits per heavy atom. The van der Waals surface area contributed by atoms with Gasteiger partial charge in [0.2, 0.25) is 11.9 Å². The van der Waals surface area contributed by atoms with E-state index in [4.69, 9.17) is 5.73 Å². The number of hydrogen-bond acceptors (Lipinski definition) is 6. The van der Waals surface area contributed by atoms with E-state index in [1.54, 1.807) is 0 Å². The lowest BCUT2D eigenvalue weighted by atomic mass is 10.3. The van der Waals surface area contributed by atoms with E-state index in [1.807, 2.05) is 37.3 Å². The molecular formula is C13H16N6OS. The molecule has 8 heteroatoms. The standard InChI is InChI=1S/C13H16N6OS/c1-2-6-10-15-11(14)17-12(16-10)18-13(20)19-21-9-7-4-3-5-8-9/h3-5,7-8H,2,6H2,1H3,(H4,14,15,16,17,18,19,20). The van der Waals surface area contributed by atoms with E-state index in [0.717, 1.165) is 11.3 Å². The molecule has 0 saturated carbocycles. The van der Waals surface area contributed by atoms with Crippen molar-refractivity contribution in [1.29, 1.82) is 0 Å². The second kappa shape index (κ2) is 7.44. The van der Waals surface area contributed by atoms with Crippen LogP contribution in [0.1, 0.15) is 19.2 Å². The van der Waals surface area contributed by atoms with Crippen molar-refractivity contribution in [2.24, 2.45) is 0 Å². The third-order valence-corrected chi connectivity index (χ3v) is 3.20. The number of nitrogens with one attached hydrogen (secondary N) is 2. The lowest BCUT2D eigenvalue weighted by molar-refractivity contribution is 0.257. The molecule has 110 valence electrons. The van der Waals surface area contributed by atoms with Crippen molar-refractivity contribution in [3.05, 3.63) is 36.2 Å². The summed E-state index contributed by atoms with van der Waals surface area (Å²) in [6.07, 6.45) is 1.57. The number of carbonyl (C=O) groups is 1. The minimum atomic E-state index is -0.420. The number of amides is 2. The maximum Gasteiger partial charge on any atom is 0.331 e. The van der Waals surface area contributed by atoms with Crippen LogP contribution in [0.4, 0.5) is 16.7 Å². The highest BCUT2D eigenvalue weighted by Gasteiger charge is 2.08. The van der Waals surface area contributed by atoms with Crippen molar-refractivity contribution in [2.45, 2.75) is 24.7 Å². The Bertz CT molecular complexity index is 607. The summed E-state index contributed by atoms with van der Waals surface area (Å²) in [6.45, 7) is 2.01. The highest BCUT2D eigenvalue weighted by molar-refractivity contribution is 7.98. The van der Waals surface area contributed by atoms with Crippen LogP contribution < -0.4 is 15.8 Å². The topological polar surface area (TPSA) is 106 Å². The third kappa shape index (κ3) is 4.92. The molecule has 0 radical (unpaired) electrons. The fraction of sp³-hybridized carbons (Fsp3) is 0.231. The molecule has 1 aromatic heterocycles. The molecule has 2 aromatic rings. The van der Waals surface area contributed by atoms with Crippen LogP contribution in [0.5, 0.6) is 0 Å². The van der Waals surface area contributed by atoms with E-state index >= 15 is 0 Å². The summed E-state index contributed by atoms with van der Waals surface area (Å²) in [5, 5.41) is 2.54. The van der Waals surface area contributed by atoms with E-state index in [9.17, 15) is 4.79 Å². The maximum absolute atomic E-state index is 11.8. The smallest absolute Gasteiger partial charge is 0.331 e. The SMILES string of the molecule is CCCc1nc(N)nc(NC(=O)NSc2ccccc2)n1. The van der Waals surface area contributed by atoms with Crippen molar-refractivity contribution >= 4 is 29.9 Å². The van der Waals surface area contributed by atoms with Gasteiger partial charge >= 0.3 is 6.03 Å². The maximum atomic E-state index is 11.8. The molecule has 0 fully saturated rings. The Labute approximate surface area is 126 Å². The number of nitrogen functional groups attached to an aromatic ring is 1. The molecule has 7 nitrogen and oxygen atoms in total. The van der Waals surface area contributed by atoms with Gasteiger partial charge in [-0.2, -0.15) is 15.0 Å².